The zero-order chi connectivity index (χ0) is 28.8. The van der Waals surface area contributed by atoms with Crippen LogP contribution in [0.3, 0.4) is 0 Å². The fourth-order valence-corrected chi connectivity index (χ4v) is 6.69. The molecule has 2 aliphatic heterocycles. The molecule has 2 atom stereocenters. The van der Waals surface area contributed by atoms with Crippen molar-refractivity contribution in [2.45, 2.75) is 88.9 Å². The van der Waals surface area contributed by atoms with Crippen LogP contribution in [0, 0.1) is 17.2 Å². The molecule has 42 heavy (non-hydrogen) atoms. The number of aliphatic hydroxyl groups excluding tert-OH is 1. The molecule has 8 nitrogen and oxygen atoms in total. The van der Waals surface area contributed by atoms with E-state index in [1.54, 1.807) is 24.3 Å². The van der Waals surface area contributed by atoms with Crippen molar-refractivity contribution in [3.63, 3.8) is 0 Å². The molecule has 1 aliphatic carbocycles. The van der Waals surface area contributed by atoms with Crippen molar-refractivity contribution in [3.05, 3.63) is 59.7 Å². The zero-order valence-corrected chi connectivity index (χ0v) is 25.3. The second kappa shape index (κ2) is 14.4. The number of carbonyl (C=O) groups excluding carboxylic acids is 2. The van der Waals surface area contributed by atoms with Crippen molar-refractivity contribution < 1.29 is 19.4 Å². The molecule has 1 saturated carbocycles. The minimum Gasteiger partial charge on any atom is -0.457 e. The van der Waals surface area contributed by atoms with Gasteiger partial charge in [0.1, 0.15) is 23.1 Å². The van der Waals surface area contributed by atoms with Crippen LogP contribution in [0.15, 0.2) is 48.5 Å². The molecule has 2 amide bonds. The van der Waals surface area contributed by atoms with Crippen LogP contribution in [0.1, 0.15) is 75.8 Å². The first-order valence-electron chi connectivity index (χ1n) is 15.2. The van der Waals surface area contributed by atoms with Gasteiger partial charge in [0.2, 0.25) is 11.8 Å². The Balaban J connectivity index is 0.00000405. The van der Waals surface area contributed by atoms with Crippen LogP contribution in [-0.4, -0.2) is 64.0 Å². The number of nitrogens with zero attached hydrogens (tertiary/aromatic N) is 3. The summed E-state index contributed by atoms with van der Waals surface area (Å²) in [6.45, 7) is 4.82. The Labute approximate surface area is 255 Å². The highest BCUT2D eigenvalue weighted by atomic mass is 35.5. The summed E-state index contributed by atoms with van der Waals surface area (Å²) in [5.74, 6) is 1.27. The van der Waals surface area contributed by atoms with Crippen LogP contribution >= 0.6 is 12.4 Å². The number of benzene rings is 2. The number of rotatable bonds is 9. The zero-order valence-electron chi connectivity index (χ0n) is 24.5. The molecule has 2 N–H and O–H groups in total. The van der Waals surface area contributed by atoms with E-state index in [-0.39, 0.29) is 30.1 Å². The van der Waals surface area contributed by atoms with Crippen molar-refractivity contribution in [3.8, 4) is 17.6 Å². The largest absolute Gasteiger partial charge is 0.457 e. The van der Waals surface area contributed by atoms with E-state index in [1.165, 1.54) is 6.42 Å². The predicted molar refractivity (Wildman–Crippen MR) is 163 cm³/mol. The van der Waals surface area contributed by atoms with Gasteiger partial charge < -0.3 is 20.1 Å². The van der Waals surface area contributed by atoms with Crippen LogP contribution in [0.2, 0.25) is 0 Å². The summed E-state index contributed by atoms with van der Waals surface area (Å²) in [4.78, 5) is 31.7. The van der Waals surface area contributed by atoms with Gasteiger partial charge >= 0.3 is 0 Å². The minimum atomic E-state index is -0.843. The van der Waals surface area contributed by atoms with Gasteiger partial charge in [-0.1, -0.05) is 44.7 Å². The smallest absolute Gasteiger partial charge is 0.248 e. The van der Waals surface area contributed by atoms with Gasteiger partial charge in [0.05, 0.1) is 17.7 Å². The number of carbonyl (C=O) groups is 2. The lowest BCUT2D eigenvalue weighted by atomic mass is 9.78. The van der Waals surface area contributed by atoms with Crippen LogP contribution in [0.4, 0.5) is 0 Å². The van der Waals surface area contributed by atoms with Crippen molar-refractivity contribution in [1.82, 2.24) is 15.1 Å². The molecule has 0 aromatic heterocycles. The van der Waals surface area contributed by atoms with Crippen LogP contribution in [0.5, 0.6) is 11.5 Å². The highest BCUT2D eigenvalue weighted by Gasteiger charge is 2.55. The Morgan fingerprint density at radius 3 is 2.24 bits per heavy atom. The lowest BCUT2D eigenvalue weighted by molar-refractivity contribution is -0.166. The number of hydrogen-bond donors (Lipinski definition) is 2. The van der Waals surface area contributed by atoms with Gasteiger partial charge in [-0.2, -0.15) is 5.26 Å². The van der Waals surface area contributed by atoms with Crippen molar-refractivity contribution in [2.24, 2.45) is 5.92 Å². The maximum atomic E-state index is 13.8. The number of piperidine rings is 1. The normalized spacial score (nSPS) is 21.7. The third kappa shape index (κ3) is 6.91. The molecule has 2 saturated heterocycles. The quantitative estimate of drug-likeness (QED) is 0.415. The Kier molecular flexibility index (Phi) is 10.9. The molecule has 1 spiro atoms. The summed E-state index contributed by atoms with van der Waals surface area (Å²) in [6.07, 6.45) is 7.27. The monoisotopic (exact) mass is 594 g/mol. The Hall–Kier alpha value is -3.12. The first-order valence-corrected chi connectivity index (χ1v) is 15.2. The molecular weight excluding hydrogens is 552 g/mol. The topological polar surface area (TPSA) is 106 Å². The average Bonchev–Trinajstić information content (AvgIpc) is 3.01. The van der Waals surface area contributed by atoms with Gasteiger partial charge in [0.15, 0.2) is 0 Å². The van der Waals surface area contributed by atoms with E-state index in [9.17, 15) is 14.7 Å². The van der Waals surface area contributed by atoms with Gasteiger partial charge in [-0.15, -0.1) is 12.4 Å². The lowest BCUT2D eigenvalue weighted by Crippen LogP contribution is -2.75. The summed E-state index contributed by atoms with van der Waals surface area (Å²) < 4.78 is 5.91. The molecule has 3 aliphatic rings. The van der Waals surface area contributed by atoms with Crippen molar-refractivity contribution in [1.29, 1.82) is 5.26 Å². The van der Waals surface area contributed by atoms with E-state index in [0.717, 1.165) is 56.4 Å². The number of unbranched alkanes of at least 4 members (excludes halogenated alkanes) is 1. The number of nitriles is 1. The number of nitrogens with one attached hydrogen (secondary N) is 1. The number of ether oxygens (including phenoxy) is 1. The minimum absolute atomic E-state index is 0. The number of amides is 2. The predicted octanol–water partition coefficient (Wildman–Crippen LogP) is 5.18. The Morgan fingerprint density at radius 2 is 1.64 bits per heavy atom. The fourth-order valence-electron chi connectivity index (χ4n) is 6.69. The SMILES string of the molecule is CCCCN1C(=O)[C@@H]([C@H](O)C2CCCCC2)NC(=O)C12CCN(Cc1ccc(Oc3ccc(C#N)cc3)cc1)CC2.Cl. The van der Waals surface area contributed by atoms with E-state index in [1.807, 2.05) is 29.2 Å². The Morgan fingerprint density at radius 1 is 1.02 bits per heavy atom. The first-order chi connectivity index (χ1) is 19.9. The summed E-state index contributed by atoms with van der Waals surface area (Å²) in [6, 6.07) is 16.3. The number of likely N-dealkylation sites (tertiary alicyclic amines) is 1. The lowest BCUT2D eigenvalue weighted by Gasteiger charge is -2.52. The molecule has 3 fully saturated rings. The molecule has 0 bridgehead atoms. The standard InChI is InChI=1S/C33H42N4O4.ClH/c1-2-3-19-37-31(39)29(30(38)26-7-5-4-6-8-26)35-32(40)33(37)17-20-36(21-18-33)23-25-11-15-28(16-12-25)41-27-13-9-24(22-34)10-14-27;/h9-16,26,29-30,38H,2-8,17-21,23H2,1H3,(H,35,40);1H/t29-,30-;/m1./s1. The second-order valence-electron chi connectivity index (χ2n) is 11.9. The number of hydrogen-bond acceptors (Lipinski definition) is 6. The average molecular weight is 595 g/mol. The molecular formula is C33H43ClN4O4. The summed E-state index contributed by atoms with van der Waals surface area (Å²) in [7, 11) is 0. The second-order valence-corrected chi connectivity index (χ2v) is 11.9. The van der Waals surface area contributed by atoms with Gasteiger partial charge in [-0.25, -0.2) is 0 Å². The molecule has 226 valence electrons. The van der Waals surface area contributed by atoms with Crippen LogP contribution < -0.4 is 10.1 Å². The number of aliphatic hydroxyl groups is 1. The fraction of sp³-hybridized carbons (Fsp3) is 0.545. The van der Waals surface area contributed by atoms with Crippen LogP contribution in [0.25, 0.3) is 0 Å². The van der Waals surface area contributed by atoms with E-state index in [0.29, 0.717) is 43.8 Å². The number of piperazine rings is 1. The molecule has 5 rings (SSSR count). The molecule has 9 heteroatoms. The number of halogens is 1. The maximum Gasteiger partial charge on any atom is 0.248 e. The highest BCUT2D eigenvalue weighted by molar-refractivity contribution is 6.00. The molecule has 0 radical (unpaired) electrons. The highest BCUT2D eigenvalue weighted by Crippen LogP contribution is 2.36. The van der Waals surface area contributed by atoms with Crippen LogP contribution in [-0.2, 0) is 16.1 Å². The first kappa shape index (κ1) is 31.8. The van der Waals surface area contributed by atoms with Crippen molar-refractivity contribution >= 4 is 24.2 Å². The summed E-state index contributed by atoms with van der Waals surface area (Å²) >= 11 is 0. The van der Waals surface area contributed by atoms with Crippen molar-refractivity contribution in [2.75, 3.05) is 19.6 Å². The molecule has 2 heterocycles. The van der Waals surface area contributed by atoms with E-state index < -0.39 is 17.7 Å². The Bertz CT molecular complexity index is 1230. The maximum absolute atomic E-state index is 13.8. The van der Waals surface area contributed by atoms with E-state index in [2.05, 4.69) is 23.2 Å². The molecule has 2 aromatic rings. The van der Waals surface area contributed by atoms with Gasteiger partial charge in [0.25, 0.3) is 0 Å². The third-order valence-corrected chi connectivity index (χ3v) is 9.20. The third-order valence-electron chi connectivity index (χ3n) is 9.20. The molecule has 0 unspecified atom stereocenters. The van der Waals surface area contributed by atoms with E-state index >= 15 is 0 Å². The van der Waals surface area contributed by atoms with E-state index in [4.69, 9.17) is 10.00 Å². The van der Waals surface area contributed by atoms with Gasteiger partial charge in [-0.05, 0) is 80.0 Å². The van der Waals surface area contributed by atoms with Gasteiger partial charge in [0, 0.05) is 26.2 Å². The molecule has 2 aromatic carbocycles. The summed E-state index contributed by atoms with van der Waals surface area (Å²) in [5, 5.41) is 23.1. The summed E-state index contributed by atoms with van der Waals surface area (Å²) in [5.41, 5.74) is 0.900. The van der Waals surface area contributed by atoms with Gasteiger partial charge in [-0.3, -0.25) is 14.5 Å².